The molecule has 0 aliphatic carbocycles. The third-order valence-corrected chi connectivity index (χ3v) is 3.51. The zero-order valence-corrected chi connectivity index (χ0v) is 11.3. The van der Waals surface area contributed by atoms with E-state index in [1.54, 1.807) is 19.9 Å². The molecule has 0 aliphatic rings. The van der Waals surface area contributed by atoms with Crippen LogP contribution in [0.2, 0.25) is 0 Å². The SMILES string of the molecule is CCC(CC)(NC(=O)c1cnc2nc[nH]c2c1)C(=O)O. The minimum Gasteiger partial charge on any atom is -0.480 e. The largest absolute Gasteiger partial charge is 0.480 e. The van der Waals surface area contributed by atoms with Crippen molar-refractivity contribution in [2.24, 2.45) is 0 Å². The highest BCUT2D eigenvalue weighted by molar-refractivity contribution is 5.99. The lowest BCUT2D eigenvalue weighted by molar-refractivity contribution is -0.144. The Labute approximate surface area is 115 Å². The summed E-state index contributed by atoms with van der Waals surface area (Å²) in [7, 11) is 0. The quantitative estimate of drug-likeness (QED) is 0.763. The highest BCUT2D eigenvalue weighted by Gasteiger charge is 2.36. The van der Waals surface area contributed by atoms with E-state index in [1.165, 1.54) is 12.5 Å². The van der Waals surface area contributed by atoms with Crippen molar-refractivity contribution in [2.45, 2.75) is 32.2 Å². The van der Waals surface area contributed by atoms with E-state index < -0.39 is 17.4 Å². The summed E-state index contributed by atoms with van der Waals surface area (Å²) in [5, 5.41) is 11.9. The number of aromatic nitrogens is 3. The summed E-state index contributed by atoms with van der Waals surface area (Å²) in [6, 6.07) is 1.60. The highest BCUT2D eigenvalue weighted by atomic mass is 16.4. The normalized spacial score (nSPS) is 11.5. The summed E-state index contributed by atoms with van der Waals surface area (Å²) in [6.45, 7) is 3.46. The first-order valence-electron chi connectivity index (χ1n) is 6.37. The van der Waals surface area contributed by atoms with Crippen LogP contribution < -0.4 is 5.32 Å². The maximum Gasteiger partial charge on any atom is 0.329 e. The molecule has 0 saturated heterocycles. The number of amides is 1. The maximum atomic E-state index is 12.2. The van der Waals surface area contributed by atoms with E-state index >= 15 is 0 Å². The average Bonchev–Trinajstić information content (AvgIpc) is 2.91. The van der Waals surface area contributed by atoms with Crippen molar-refractivity contribution < 1.29 is 14.7 Å². The number of imidazole rings is 1. The molecule has 0 aliphatic heterocycles. The maximum absolute atomic E-state index is 12.2. The molecule has 0 radical (unpaired) electrons. The molecular formula is C13H16N4O3. The van der Waals surface area contributed by atoms with E-state index in [0.717, 1.165) is 0 Å². The Balaban J connectivity index is 2.28. The van der Waals surface area contributed by atoms with E-state index in [-0.39, 0.29) is 0 Å². The Morgan fingerprint density at radius 2 is 2.05 bits per heavy atom. The molecule has 2 heterocycles. The van der Waals surface area contributed by atoms with Crippen molar-refractivity contribution in [1.29, 1.82) is 0 Å². The van der Waals surface area contributed by atoms with Crippen LogP contribution in [0.4, 0.5) is 0 Å². The van der Waals surface area contributed by atoms with Gasteiger partial charge < -0.3 is 15.4 Å². The van der Waals surface area contributed by atoms with Gasteiger partial charge in [-0.3, -0.25) is 4.79 Å². The first-order valence-corrected chi connectivity index (χ1v) is 6.37. The summed E-state index contributed by atoms with van der Waals surface area (Å²) in [5.41, 5.74) is 0.193. The van der Waals surface area contributed by atoms with Crippen LogP contribution in [0.15, 0.2) is 18.6 Å². The number of hydrogen-bond donors (Lipinski definition) is 3. The molecule has 0 fully saturated rings. The molecule has 2 aromatic rings. The third-order valence-electron chi connectivity index (χ3n) is 3.51. The summed E-state index contributed by atoms with van der Waals surface area (Å²) < 4.78 is 0. The number of nitrogens with zero attached hydrogens (tertiary/aromatic N) is 2. The van der Waals surface area contributed by atoms with E-state index in [2.05, 4.69) is 20.3 Å². The minimum absolute atomic E-state index is 0.300. The van der Waals surface area contributed by atoms with Crippen LogP contribution in [0.5, 0.6) is 0 Å². The first kappa shape index (κ1) is 14.0. The lowest BCUT2D eigenvalue weighted by Gasteiger charge is -2.27. The van der Waals surface area contributed by atoms with Gasteiger partial charge in [-0.25, -0.2) is 14.8 Å². The molecule has 0 aromatic carbocycles. The second-order valence-corrected chi connectivity index (χ2v) is 4.55. The molecule has 0 saturated carbocycles. The number of carboxylic acids is 1. The minimum atomic E-state index is -1.25. The van der Waals surface area contributed by atoms with Gasteiger partial charge in [0.25, 0.3) is 5.91 Å². The molecular weight excluding hydrogens is 260 g/mol. The number of rotatable bonds is 5. The van der Waals surface area contributed by atoms with Gasteiger partial charge in [0.1, 0.15) is 5.54 Å². The molecule has 7 heteroatoms. The fourth-order valence-electron chi connectivity index (χ4n) is 2.03. The van der Waals surface area contributed by atoms with Crippen LogP contribution in [-0.2, 0) is 4.79 Å². The van der Waals surface area contributed by atoms with Crippen LogP contribution in [0.1, 0.15) is 37.0 Å². The summed E-state index contributed by atoms with van der Waals surface area (Å²) >= 11 is 0. The number of aromatic amines is 1. The number of aliphatic carboxylic acids is 1. The molecule has 0 spiro atoms. The predicted molar refractivity (Wildman–Crippen MR) is 72.3 cm³/mol. The van der Waals surface area contributed by atoms with E-state index in [9.17, 15) is 14.7 Å². The van der Waals surface area contributed by atoms with Gasteiger partial charge in [0.05, 0.1) is 17.4 Å². The van der Waals surface area contributed by atoms with E-state index in [4.69, 9.17) is 0 Å². The number of carboxylic acid groups (broad SMARTS) is 1. The van der Waals surface area contributed by atoms with Gasteiger partial charge in [-0.2, -0.15) is 0 Å². The Bertz CT molecular complexity index is 646. The van der Waals surface area contributed by atoms with Crippen LogP contribution >= 0.6 is 0 Å². The zero-order chi connectivity index (χ0) is 14.8. The smallest absolute Gasteiger partial charge is 0.329 e. The highest BCUT2D eigenvalue weighted by Crippen LogP contribution is 2.17. The Morgan fingerprint density at radius 1 is 1.35 bits per heavy atom. The van der Waals surface area contributed by atoms with Crippen molar-refractivity contribution in [1.82, 2.24) is 20.3 Å². The monoisotopic (exact) mass is 276 g/mol. The van der Waals surface area contributed by atoms with Gasteiger partial charge in [-0.15, -0.1) is 0 Å². The molecule has 106 valence electrons. The second kappa shape index (κ2) is 5.28. The predicted octanol–water partition coefficient (Wildman–Crippen LogP) is 1.33. The van der Waals surface area contributed by atoms with E-state index in [1.807, 2.05) is 0 Å². The lowest BCUT2D eigenvalue weighted by Crippen LogP contribution is -2.53. The number of pyridine rings is 1. The Kier molecular flexibility index (Phi) is 3.69. The second-order valence-electron chi connectivity index (χ2n) is 4.55. The fraction of sp³-hybridized carbons (Fsp3) is 0.385. The van der Waals surface area contributed by atoms with Crippen molar-refractivity contribution in [3.63, 3.8) is 0 Å². The molecule has 2 rings (SSSR count). The van der Waals surface area contributed by atoms with E-state index in [0.29, 0.717) is 29.6 Å². The molecule has 1 amide bonds. The molecule has 2 aromatic heterocycles. The van der Waals surface area contributed by atoms with Crippen molar-refractivity contribution in [3.05, 3.63) is 24.2 Å². The summed E-state index contributed by atoms with van der Waals surface area (Å²) in [4.78, 5) is 34.4. The van der Waals surface area contributed by atoms with Gasteiger partial charge in [0.2, 0.25) is 0 Å². The number of H-pyrrole nitrogens is 1. The molecule has 0 unspecified atom stereocenters. The summed E-state index contributed by atoms with van der Waals surface area (Å²) in [6.07, 6.45) is 3.49. The van der Waals surface area contributed by atoms with Crippen molar-refractivity contribution in [2.75, 3.05) is 0 Å². The van der Waals surface area contributed by atoms with Gasteiger partial charge in [0.15, 0.2) is 5.65 Å². The number of carbonyl (C=O) groups is 2. The molecule has 0 atom stereocenters. The summed E-state index contributed by atoms with van der Waals surface area (Å²) in [5.74, 6) is -1.49. The molecule has 0 bridgehead atoms. The zero-order valence-electron chi connectivity index (χ0n) is 11.3. The van der Waals surface area contributed by atoms with Crippen LogP contribution in [0.3, 0.4) is 0 Å². The number of fused-ring (bicyclic) bond motifs is 1. The van der Waals surface area contributed by atoms with Crippen molar-refractivity contribution >= 4 is 23.0 Å². The molecule has 3 N–H and O–H groups in total. The first-order chi connectivity index (χ1) is 9.52. The number of hydrogen-bond acceptors (Lipinski definition) is 4. The fourth-order valence-corrected chi connectivity index (χ4v) is 2.03. The van der Waals surface area contributed by atoms with Gasteiger partial charge in [-0.1, -0.05) is 13.8 Å². The Morgan fingerprint density at radius 3 is 2.65 bits per heavy atom. The van der Waals surface area contributed by atoms with Gasteiger partial charge >= 0.3 is 5.97 Å². The average molecular weight is 276 g/mol. The van der Waals surface area contributed by atoms with Crippen LogP contribution in [0.25, 0.3) is 11.2 Å². The topological polar surface area (TPSA) is 108 Å². The van der Waals surface area contributed by atoms with Crippen LogP contribution in [-0.4, -0.2) is 37.5 Å². The number of carbonyl (C=O) groups excluding carboxylic acids is 1. The van der Waals surface area contributed by atoms with Gasteiger partial charge in [0, 0.05) is 6.20 Å². The Hall–Kier alpha value is -2.44. The van der Waals surface area contributed by atoms with Gasteiger partial charge in [-0.05, 0) is 18.9 Å². The lowest BCUT2D eigenvalue weighted by atomic mass is 9.92. The molecule has 20 heavy (non-hydrogen) atoms. The standard InChI is InChI=1S/C13H16N4O3/c1-3-13(4-2,12(19)20)17-11(18)8-5-9-10(14-6-8)16-7-15-9/h5-7H,3-4H2,1-2H3,(H,17,18)(H,19,20)(H,14,15,16). The van der Waals surface area contributed by atoms with Crippen LogP contribution in [0, 0.1) is 0 Å². The number of nitrogens with one attached hydrogen (secondary N) is 2. The molecule has 7 nitrogen and oxygen atoms in total. The third kappa shape index (κ3) is 2.34. The van der Waals surface area contributed by atoms with Crippen molar-refractivity contribution in [3.8, 4) is 0 Å².